The molecule has 4 heterocycles. The van der Waals surface area contributed by atoms with Crippen molar-refractivity contribution in [3.05, 3.63) is 82.9 Å². The average Bonchev–Trinajstić information content (AvgIpc) is 3.43. The van der Waals surface area contributed by atoms with Crippen molar-refractivity contribution in [1.82, 2.24) is 19.8 Å². The summed E-state index contributed by atoms with van der Waals surface area (Å²) >= 11 is 0. The van der Waals surface area contributed by atoms with E-state index >= 15 is 0 Å². The van der Waals surface area contributed by atoms with E-state index < -0.39 is 0 Å². The van der Waals surface area contributed by atoms with Crippen molar-refractivity contribution in [1.29, 1.82) is 0 Å². The van der Waals surface area contributed by atoms with Crippen LogP contribution in [0.1, 0.15) is 41.3 Å². The maximum Gasteiger partial charge on any atom is 0.318 e. The third-order valence-corrected chi connectivity index (χ3v) is 8.97. The molecule has 2 fully saturated rings. The number of hydrogen-bond acceptors (Lipinski definition) is 7. The molecule has 9 nitrogen and oxygen atoms in total. The molecular weight excluding hydrogens is 528 g/mol. The minimum atomic E-state index is -0.250. The number of fused-ring (bicyclic) bond motifs is 2. The van der Waals surface area contributed by atoms with Crippen molar-refractivity contribution in [2.45, 2.75) is 51.0 Å². The van der Waals surface area contributed by atoms with Crippen molar-refractivity contribution in [3.63, 3.8) is 0 Å². The molecule has 1 aromatic heterocycles. The number of carbonyl (C=O) groups excluding carboxylic acids is 1. The third-order valence-electron chi connectivity index (χ3n) is 8.97. The fourth-order valence-corrected chi connectivity index (χ4v) is 6.66. The Morgan fingerprint density at radius 1 is 1.19 bits per heavy atom. The lowest BCUT2D eigenvalue weighted by Crippen LogP contribution is -2.56. The van der Waals surface area contributed by atoms with Gasteiger partial charge in [0, 0.05) is 37.7 Å². The van der Waals surface area contributed by atoms with Gasteiger partial charge in [-0.2, -0.15) is 9.97 Å². The molecular formula is C33H38N6O3. The van der Waals surface area contributed by atoms with Crippen LogP contribution in [-0.2, 0) is 22.6 Å². The van der Waals surface area contributed by atoms with Gasteiger partial charge in [-0.1, -0.05) is 43.0 Å². The molecule has 218 valence electrons. The average molecular weight is 567 g/mol. The number of amides is 1. The smallest absolute Gasteiger partial charge is 0.318 e. The highest BCUT2D eigenvalue weighted by Gasteiger charge is 2.35. The minimum Gasteiger partial charge on any atom is -0.462 e. The number of ether oxygens (including phenoxy) is 2. The zero-order valence-corrected chi connectivity index (χ0v) is 24.5. The second-order valence-corrected chi connectivity index (χ2v) is 11.5. The molecule has 0 radical (unpaired) electrons. The molecule has 1 amide bonds. The van der Waals surface area contributed by atoms with E-state index in [2.05, 4.69) is 71.6 Å². The Balaban J connectivity index is 1.34. The first-order valence-corrected chi connectivity index (χ1v) is 14.8. The Kier molecular flexibility index (Phi) is 8.09. The highest BCUT2D eigenvalue weighted by Crippen LogP contribution is 2.38. The second kappa shape index (κ2) is 12.1. The van der Waals surface area contributed by atoms with Gasteiger partial charge in [-0.25, -0.2) is 6.57 Å². The van der Waals surface area contributed by atoms with Crippen LogP contribution >= 0.6 is 0 Å². The fourth-order valence-electron chi connectivity index (χ4n) is 6.66. The van der Waals surface area contributed by atoms with Gasteiger partial charge in [0.05, 0.1) is 18.4 Å². The van der Waals surface area contributed by atoms with Gasteiger partial charge in [-0.15, -0.1) is 0 Å². The van der Waals surface area contributed by atoms with Crippen LogP contribution in [0.15, 0.2) is 49.1 Å². The standard InChI is InChI=1S/C33H38N6O3/c1-5-30(40)39-16-15-38(19-25(39)18-34-3)32-27-21-41-29(26-13-7-11-23-10-6-9-22(2)31(23)26)17-28(27)35-33(36-32)42-20-24-12-8-14-37(24)4/h5-7,9-11,13,24-25,29H,1,8,12,14-21H2,2,4H3/t24-,25-,29?/m0/s1. The third kappa shape index (κ3) is 5.44. The highest BCUT2D eigenvalue weighted by atomic mass is 16.5. The predicted molar refractivity (Wildman–Crippen MR) is 162 cm³/mol. The Bertz CT molecular complexity index is 1530. The Morgan fingerprint density at radius 2 is 2.02 bits per heavy atom. The molecule has 0 spiro atoms. The van der Waals surface area contributed by atoms with Gasteiger partial charge >= 0.3 is 6.01 Å². The minimum absolute atomic E-state index is 0.143. The summed E-state index contributed by atoms with van der Waals surface area (Å²) in [4.78, 5) is 32.3. The van der Waals surface area contributed by atoms with Crippen LogP contribution < -0.4 is 9.64 Å². The topological polar surface area (TPSA) is 75.4 Å². The molecule has 6 rings (SSSR count). The largest absolute Gasteiger partial charge is 0.462 e. The van der Waals surface area contributed by atoms with Crippen LogP contribution in [0.5, 0.6) is 6.01 Å². The molecule has 3 aliphatic rings. The van der Waals surface area contributed by atoms with Crippen molar-refractivity contribution in [2.75, 3.05) is 51.3 Å². The summed E-state index contributed by atoms with van der Waals surface area (Å²) in [6, 6.07) is 13.2. The van der Waals surface area contributed by atoms with Crippen LogP contribution in [0.3, 0.4) is 0 Å². The van der Waals surface area contributed by atoms with Crippen molar-refractivity contribution in [2.24, 2.45) is 0 Å². The van der Waals surface area contributed by atoms with Crippen molar-refractivity contribution in [3.8, 4) is 6.01 Å². The molecule has 0 N–H and O–H groups in total. The van der Waals surface area contributed by atoms with Crippen molar-refractivity contribution >= 4 is 22.5 Å². The van der Waals surface area contributed by atoms with E-state index in [0.717, 1.165) is 30.0 Å². The highest BCUT2D eigenvalue weighted by molar-refractivity contribution is 5.89. The number of likely N-dealkylation sites (N-methyl/N-ethyl adjacent to an activating group) is 1. The fraction of sp³-hybridized carbons (Fsp3) is 0.455. The van der Waals surface area contributed by atoms with Crippen LogP contribution in [0.2, 0.25) is 0 Å². The number of benzene rings is 2. The normalized spacial score (nSPS) is 22.5. The zero-order chi connectivity index (χ0) is 29.2. The lowest BCUT2D eigenvalue weighted by atomic mass is 9.92. The molecule has 2 saturated heterocycles. The molecule has 2 aromatic carbocycles. The first-order chi connectivity index (χ1) is 20.5. The van der Waals surface area contributed by atoms with E-state index in [4.69, 9.17) is 26.0 Å². The Morgan fingerprint density at radius 3 is 2.79 bits per heavy atom. The number of nitrogens with zero attached hydrogens (tertiary/aromatic N) is 6. The maximum absolute atomic E-state index is 12.5. The summed E-state index contributed by atoms with van der Waals surface area (Å²) in [5.41, 5.74) is 4.28. The Hall–Kier alpha value is -4.00. The molecule has 9 heteroatoms. The van der Waals surface area contributed by atoms with E-state index in [1.165, 1.54) is 34.4 Å². The van der Waals surface area contributed by atoms with Crippen LogP contribution in [0, 0.1) is 13.5 Å². The van der Waals surface area contributed by atoms with Gasteiger partial charge in [0.2, 0.25) is 12.5 Å². The Labute approximate surface area is 247 Å². The monoisotopic (exact) mass is 566 g/mol. The van der Waals surface area contributed by atoms with Crippen LogP contribution in [-0.4, -0.2) is 84.1 Å². The van der Waals surface area contributed by atoms with Gasteiger partial charge in [-0.3, -0.25) is 4.79 Å². The molecule has 3 aliphatic heterocycles. The van der Waals surface area contributed by atoms with Crippen LogP contribution in [0.25, 0.3) is 15.6 Å². The van der Waals surface area contributed by atoms with Gasteiger partial charge in [0.15, 0.2) is 0 Å². The molecule has 0 bridgehead atoms. The number of likely N-dealkylation sites (tertiary alicyclic amines) is 1. The number of carbonyl (C=O) groups is 1. The van der Waals surface area contributed by atoms with Crippen LogP contribution in [0.4, 0.5) is 5.82 Å². The molecule has 3 aromatic rings. The molecule has 0 saturated carbocycles. The summed E-state index contributed by atoms with van der Waals surface area (Å²) in [5.74, 6) is 0.636. The number of hydrogen-bond donors (Lipinski definition) is 0. The summed E-state index contributed by atoms with van der Waals surface area (Å²) in [5, 5.41) is 2.43. The molecule has 3 atom stereocenters. The number of aryl methyl sites for hydroxylation is 1. The number of piperazine rings is 1. The number of rotatable bonds is 7. The van der Waals surface area contributed by atoms with E-state index in [9.17, 15) is 4.79 Å². The summed E-state index contributed by atoms with van der Waals surface area (Å²) in [7, 11) is 2.13. The maximum atomic E-state index is 12.5. The van der Waals surface area contributed by atoms with Gasteiger partial charge in [0.1, 0.15) is 18.5 Å². The number of aromatic nitrogens is 2. The summed E-state index contributed by atoms with van der Waals surface area (Å²) < 4.78 is 12.8. The van der Waals surface area contributed by atoms with E-state index in [0.29, 0.717) is 51.3 Å². The van der Waals surface area contributed by atoms with E-state index in [-0.39, 0.29) is 24.6 Å². The lowest BCUT2D eigenvalue weighted by Gasteiger charge is -2.40. The van der Waals surface area contributed by atoms with E-state index in [1.54, 1.807) is 4.90 Å². The zero-order valence-electron chi connectivity index (χ0n) is 24.5. The van der Waals surface area contributed by atoms with Gasteiger partial charge in [-0.05, 0) is 61.3 Å². The predicted octanol–water partition coefficient (Wildman–Crippen LogP) is 4.35. The molecule has 1 unspecified atom stereocenters. The molecule has 42 heavy (non-hydrogen) atoms. The quantitative estimate of drug-likeness (QED) is 0.311. The first kappa shape index (κ1) is 28.1. The lowest BCUT2D eigenvalue weighted by molar-refractivity contribution is -0.128. The number of anilines is 1. The SMILES string of the molecule is [C-]#[N+]C[C@H]1CN(c2nc(OC[C@@H]3CCCN3C)nc3c2COC(c2cccc4cccc(C)c24)C3)CCN1C(=O)C=C. The summed E-state index contributed by atoms with van der Waals surface area (Å²) in [6.07, 6.45) is 4.06. The van der Waals surface area contributed by atoms with Gasteiger partial charge in [0.25, 0.3) is 0 Å². The summed E-state index contributed by atoms with van der Waals surface area (Å²) in [6.45, 7) is 17.1. The second-order valence-electron chi connectivity index (χ2n) is 11.5. The van der Waals surface area contributed by atoms with Gasteiger partial charge < -0.3 is 29.0 Å². The molecule has 0 aliphatic carbocycles. The van der Waals surface area contributed by atoms with E-state index in [1.807, 2.05) is 0 Å². The van der Waals surface area contributed by atoms with Crippen molar-refractivity contribution < 1.29 is 14.3 Å². The first-order valence-electron chi connectivity index (χ1n) is 14.8.